The molecule has 0 atom stereocenters. The SMILES string of the molecule is CC(C)(O)COC(=O)N1CCc2cnc(C(=O)Nc3cccc(-c4nnc5n4CCCC5)n3)cc2C1. The van der Waals surface area contributed by atoms with Gasteiger partial charge in [-0.25, -0.2) is 9.78 Å². The number of carbonyl (C=O) groups excluding carboxylic acids is 2. The number of anilines is 1. The predicted octanol–water partition coefficient (Wildman–Crippen LogP) is 2.59. The first-order chi connectivity index (χ1) is 17.3. The molecule has 2 amide bonds. The van der Waals surface area contributed by atoms with Gasteiger partial charge in [0.05, 0.1) is 5.60 Å². The summed E-state index contributed by atoms with van der Waals surface area (Å²) < 4.78 is 7.30. The third-order valence-corrected chi connectivity index (χ3v) is 6.21. The van der Waals surface area contributed by atoms with Crippen LogP contribution < -0.4 is 5.32 Å². The zero-order chi connectivity index (χ0) is 25.3. The second-order valence-electron chi connectivity index (χ2n) is 9.79. The Morgan fingerprint density at radius 2 is 2.00 bits per heavy atom. The van der Waals surface area contributed by atoms with Crippen LogP contribution in [-0.4, -0.2) is 65.5 Å². The number of pyridine rings is 2. The van der Waals surface area contributed by atoms with Crippen LogP contribution in [0.2, 0.25) is 0 Å². The van der Waals surface area contributed by atoms with E-state index < -0.39 is 17.6 Å². The van der Waals surface area contributed by atoms with Crippen molar-refractivity contribution in [3.63, 3.8) is 0 Å². The van der Waals surface area contributed by atoms with Crippen LogP contribution in [0.4, 0.5) is 10.6 Å². The van der Waals surface area contributed by atoms with Crippen LogP contribution in [0.15, 0.2) is 30.5 Å². The Hall–Kier alpha value is -3.86. The first-order valence-electron chi connectivity index (χ1n) is 12.1. The standard InChI is InChI=1S/C25H29N7O4/c1-25(2,35)15-36-24(34)31-11-9-16-13-26-19(12-17(16)14-31)23(33)28-20-7-5-6-18(27-20)22-30-29-21-8-3-4-10-32(21)22/h5-7,12-13,35H,3-4,8-11,14-15H2,1-2H3,(H,27,28,33). The number of rotatable bonds is 5. The summed E-state index contributed by atoms with van der Waals surface area (Å²) in [6.45, 7) is 4.70. The second-order valence-corrected chi connectivity index (χ2v) is 9.79. The Balaban J connectivity index is 1.28. The molecule has 0 spiro atoms. The number of hydrogen-bond acceptors (Lipinski definition) is 8. The Morgan fingerprint density at radius 3 is 2.83 bits per heavy atom. The van der Waals surface area contributed by atoms with Crippen molar-refractivity contribution in [3.8, 4) is 11.5 Å². The van der Waals surface area contributed by atoms with E-state index in [2.05, 4.69) is 30.0 Å². The van der Waals surface area contributed by atoms with Gasteiger partial charge in [-0.05, 0) is 62.4 Å². The Kier molecular flexibility index (Phi) is 6.40. The molecule has 11 nitrogen and oxygen atoms in total. The highest BCUT2D eigenvalue weighted by atomic mass is 16.6. The topological polar surface area (TPSA) is 135 Å². The van der Waals surface area contributed by atoms with Gasteiger partial charge in [0.2, 0.25) is 0 Å². The molecule has 3 aromatic rings. The van der Waals surface area contributed by atoms with E-state index in [1.165, 1.54) is 0 Å². The van der Waals surface area contributed by atoms with Crippen LogP contribution in [0.3, 0.4) is 0 Å². The van der Waals surface area contributed by atoms with E-state index in [0.29, 0.717) is 36.8 Å². The number of aryl methyl sites for hydroxylation is 1. The van der Waals surface area contributed by atoms with Gasteiger partial charge in [0.15, 0.2) is 5.82 Å². The van der Waals surface area contributed by atoms with Gasteiger partial charge in [0, 0.05) is 32.3 Å². The molecule has 11 heteroatoms. The van der Waals surface area contributed by atoms with E-state index in [0.717, 1.165) is 42.8 Å². The zero-order valence-electron chi connectivity index (χ0n) is 20.4. The number of carbonyl (C=O) groups is 2. The molecule has 3 aromatic heterocycles. The maximum atomic E-state index is 13.0. The molecule has 0 aliphatic carbocycles. The van der Waals surface area contributed by atoms with Crippen LogP contribution in [0.5, 0.6) is 0 Å². The third kappa shape index (κ3) is 5.20. The monoisotopic (exact) mass is 491 g/mol. The average Bonchev–Trinajstić information content (AvgIpc) is 3.30. The highest BCUT2D eigenvalue weighted by molar-refractivity contribution is 6.02. The molecule has 5 rings (SSSR count). The van der Waals surface area contributed by atoms with Crippen LogP contribution in [0, 0.1) is 0 Å². The molecule has 0 saturated heterocycles. The highest BCUT2D eigenvalue weighted by Gasteiger charge is 2.25. The Morgan fingerprint density at radius 1 is 1.14 bits per heavy atom. The van der Waals surface area contributed by atoms with Gasteiger partial charge in [0.25, 0.3) is 5.91 Å². The molecule has 2 N–H and O–H groups in total. The van der Waals surface area contributed by atoms with E-state index in [1.54, 1.807) is 37.1 Å². The number of ether oxygens (including phenoxy) is 1. The zero-order valence-corrected chi connectivity index (χ0v) is 20.4. The van der Waals surface area contributed by atoms with Crippen LogP contribution in [-0.2, 0) is 30.7 Å². The minimum Gasteiger partial charge on any atom is -0.446 e. The Bertz CT molecular complexity index is 1300. The summed E-state index contributed by atoms with van der Waals surface area (Å²) in [6, 6.07) is 7.08. The summed E-state index contributed by atoms with van der Waals surface area (Å²) in [5, 5.41) is 21.2. The van der Waals surface area contributed by atoms with Gasteiger partial charge in [0.1, 0.15) is 29.6 Å². The predicted molar refractivity (Wildman–Crippen MR) is 130 cm³/mol. The first kappa shape index (κ1) is 23.9. The number of aliphatic hydroxyl groups is 1. The van der Waals surface area contributed by atoms with Gasteiger partial charge in [-0.3, -0.25) is 9.78 Å². The van der Waals surface area contributed by atoms with Crippen molar-refractivity contribution in [1.82, 2.24) is 29.6 Å². The largest absolute Gasteiger partial charge is 0.446 e. The van der Waals surface area contributed by atoms with Crippen LogP contribution in [0.1, 0.15) is 54.1 Å². The minimum absolute atomic E-state index is 0.0944. The van der Waals surface area contributed by atoms with E-state index in [4.69, 9.17) is 4.74 Å². The molecule has 0 fully saturated rings. The molecule has 0 saturated carbocycles. The highest BCUT2D eigenvalue weighted by Crippen LogP contribution is 2.23. The number of hydrogen-bond donors (Lipinski definition) is 2. The Labute approximate surface area is 208 Å². The molecule has 2 aliphatic heterocycles. The molecule has 2 aliphatic rings. The number of amides is 2. The summed E-state index contributed by atoms with van der Waals surface area (Å²) >= 11 is 0. The number of nitrogens with zero attached hydrogens (tertiary/aromatic N) is 6. The van der Waals surface area contributed by atoms with Crippen LogP contribution in [0.25, 0.3) is 11.5 Å². The average molecular weight is 492 g/mol. The number of nitrogens with one attached hydrogen (secondary N) is 1. The summed E-state index contributed by atoms with van der Waals surface area (Å²) in [7, 11) is 0. The normalized spacial score (nSPS) is 15.1. The van der Waals surface area contributed by atoms with Crippen molar-refractivity contribution in [3.05, 3.63) is 53.1 Å². The minimum atomic E-state index is -1.10. The number of fused-ring (bicyclic) bond motifs is 2. The second kappa shape index (κ2) is 9.65. The van der Waals surface area contributed by atoms with E-state index in [9.17, 15) is 14.7 Å². The molecule has 0 radical (unpaired) electrons. The lowest BCUT2D eigenvalue weighted by molar-refractivity contribution is -0.00487. The van der Waals surface area contributed by atoms with Crippen molar-refractivity contribution < 1.29 is 19.4 Å². The summed E-state index contributed by atoms with van der Waals surface area (Å²) in [5.74, 6) is 1.66. The quantitative estimate of drug-likeness (QED) is 0.556. The van der Waals surface area contributed by atoms with Crippen molar-refractivity contribution in [2.75, 3.05) is 18.5 Å². The fourth-order valence-corrected chi connectivity index (χ4v) is 4.35. The lowest BCUT2D eigenvalue weighted by Crippen LogP contribution is -2.39. The molecule has 0 bridgehead atoms. The third-order valence-electron chi connectivity index (χ3n) is 6.21. The summed E-state index contributed by atoms with van der Waals surface area (Å²) in [4.78, 5) is 35.8. The molecule has 188 valence electrons. The van der Waals surface area contributed by atoms with E-state index in [-0.39, 0.29) is 12.3 Å². The molecule has 36 heavy (non-hydrogen) atoms. The number of aromatic nitrogens is 5. The lowest BCUT2D eigenvalue weighted by atomic mass is 10.0. The van der Waals surface area contributed by atoms with Crippen molar-refractivity contribution in [1.29, 1.82) is 0 Å². The fraction of sp³-hybridized carbons (Fsp3) is 0.440. The van der Waals surface area contributed by atoms with Gasteiger partial charge < -0.3 is 24.6 Å². The smallest absolute Gasteiger partial charge is 0.410 e. The van der Waals surface area contributed by atoms with E-state index in [1.807, 2.05) is 12.1 Å². The molecular weight excluding hydrogens is 462 g/mol. The maximum absolute atomic E-state index is 13.0. The van der Waals surface area contributed by atoms with Crippen molar-refractivity contribution >= 4 is 17.8 Å². The van der Waals surface area contributed by atoms with Crippen LogP contribution >= 0.6 is 0 Å². The maximum Gasteiger partial charge on any atom is 0.410 e. The molecular formula is C25H29N7O4. The molecule has 0 unspecified atom stereocenters. The van der Waals surface area contributed by atoms with E-state index >= 15 is 0 Å². The first-order valence-corrected chi connectivity index (χ1v) is 12.1. The van der Waals surface area contributed by atoms with Crippen molar-refractivity contribution in [2.24, 2.45) is 0 Å². The lowest BCUT2D eigenvalue weighted by Gasteiger charge is -2.29. The van der Waals surface area contributed by atoms with Gasteiger partial charge in [-0.1, -0.05) is 6.07 Å². The van der Waals surface area contributed by atoms with Gasteiger partial charge >= 0.3 is 6.09 Å². The molecule has 0 aromatic carbocycles. The van der Waals surface area contributed by atoms with Gasteiger partial charge in [-0.2, -0.15) is 0 Å². The summed E-state index contributed by atoms with van der Waals surface area (Å²) in [6.07, 6.45) is 4.87. The fourth-order valence-electron chi connectivity index (χ4n) is 4.35. The molecule has 5 heterocycles. The van der Waals surface area contributed by atoms with Crippen molar-refractivity contribution in [2.45, 2.75) is 58.2 Å². The summed E-state index contributed by atoms with van der Waals surface area (Å²) in [5.41, 5.74) is 1.59. The van der Waals surface area contributed by atoms with Gasteiger partial charge in [-0.15, -0.1) is 10.2 Å².